The molecule has 1 aliphatic rings. The lowest BCUT2D eigenvalue weighted by Crippen LogP contribution is -2.47. The van der Waals surface area contributed by atoms with Crippen molar-refractivity contribution in [3.8, 4) is 5.75 Å². The third-order valence-corrected chi connectivity index (χ3v) is 4.43. The second kappa shape index (κ2) is 5.64. The molecule has 0 aliphatic carbocycles. The Hall–Kier alpha value is -2.03. The predicted octanol–water partition coefficient (Wildman–Crippen LogP) is 1.90. The van der Waals surface area contributed by atoms with Gasteiger partial charge in [-0.2, -0.15) is 13.2 Å². The smallest absolute Gasteiger partial charge is 0.471 e. The van der Waals surface area contributed by atoms with Crippen LogP contribution in [0.4, 0.5) is 18.9 Å². The number of nitrogens with zero attached hydrogens (tertiary/aromatic N) is 1. The van der Waals surface area contributed by atoms with Gasteiger partial charge >= 0.3 is 12.1 Å². The van der Waals surface area contributed by atoms with Crippen molar-refractivity contribution in [1.82, 2.24) is 0 Å². The largest absolute Gasteiger partial charge is 0.497 e. The molecule has 0 fully saturated rings. The summed E-state index contributed by atoms with van der Waals surface area (Å²) in [6.07, 6.45) is -4.04. The van der Waals surface area contributed by atoms with Crippen LogP contribution in [0.25, 0.3) is 0 Å². The molecule has 1 aromatic rings. The van der Waals surface area contributed by atoms with Crippen LogP contribution in [0, 0.1) is 0 Å². The Morgan fingerprint density at radius 2 is 1.86 bits per heavy atom. The summed E-state index contributed by atoms with van der Waals surface area (Å²) in [5.74, 6) is -2.30. The van der Waals surface area contributed by atoms with Crippen LogP contribution in [-0.4, -0.2) is 39.4 Å². The molecule has 0 saturated heterocycles. The molecule has 1 atom stereocenters. The third-order valence-electron chi connectivity index (χ3n) is 3.05. The first-order chi connectivity index (χ1) is 10.1. The number of benzene rings is 1. The molecule has 22 heavy (non-hydrogen) atoms. The fraction of sp³-hybridized carbons (Fsp3) is 0.308. The van der Waals surface area contributed by atoms with Crippen LogP contribution in [0.5, 0.6) is 5.75 Å². The highest BCUT2D eigenvalue weighted by atomic mass is 32.2. The van der Waals surface area contributed by atoms with Crippen molar-refractivity contribution in [2.75, 3.05) is 17.8 Å². The first kappa shape index (κ1) is 16.3. The Morgan fingerprint density at radius 1 is 1.27 bits per heavy atom. The Morgan fingerprint density at radius 3 is 2.27 bits per heavy atom. The molecule has 1 aromatic carbocycles. The maximum Gasteiger partial charge on any atom is 0.471 e. The molecule has 0 aromatic heterocycles. The molecule has 120 valence electrons. The summed E-state index contributed by atoms with van der Waals surface area (Å²) < 4.78 is 66.1. The van der Waals surface area contributed by atoms with Gasteiger partial charge in [-0.15, -0.1) is 0 Å². The summed E-state index contributed by atoms with van der Waals surface area (Å²) in [5, 5.41) is 0.817. The lowest BCUT2D eigenvalue weighted by atomic mass is 10.2. The second-order valence-corrected chi connectivity index (χ2v) is 6.53. The molecular formula is C13H12F3NO4S. The normalized spacial score (nSPS) is 19.9. The van der Waals surface area contributed by atoms with Gasteiger partial charge in [0.05, 0.1) is 18.9 Å². The number of amides is 1. The number of ether oxygens (including phenoxy) is 1. The van der Waals surface area contributed by atoms with Crippen LogP contribution in [-0.2, 0) is 14.6 Å². The topological polar surface area (TPSA) is 63.7 Å². The summed E-state index contributed by atoms with van der Waals surface area (Å²) in [6, 6.07) is 4.10. The lowest BCUT2D eigenvalue weighted by Gasteiger charge is -2.28. The van der Waals surface area contributed by atoms with Crippen LogP contribution >= 0.6 is 0 Å². The second-order valence-electron chi connectivity index (χ2n) is 4.60. The van der Waals surface area contributed by atoms with Gasteiger partial charge in [0.25, 0.3) is 0 Å². The molecule has 0 saturated carbocycles. The summed E-state index contributed by atoms with van der Waals surface area (Å²) in [5.41, 5.74) is -0.0603. The van der Waals surface area contributed by atoms with Crippen molar-refractivity contribution in [2.45, 2.75) is 12.2 Å². The molecule has 1 aliphatic heterocycles. The number of anilines is 1. The summed E-state index contributed by atoms with van der Waals surface area (Å²) >= 11 is 0. The summed E-state index contributed by atoms with van der Waals surface area (Å²) in [4.78, 5) is 12.1. The van der Waals surface area contributed by atoms with Gasteiger partial charge in [0.1, 0.15) is 5.75 Å². The number of methoxy groups -OCH3 is 1. The number of hydrogen-bond acceptors (Lipinski definition) is 4. The fourth-order valence-corrected chi connectivity index (χ4v) is 3.33. The number of alkyl halides is 3. The van der Waals surface area contributed by atoms with Gasteiger partial charge in [-0.05, 0) is 30.3 Å². The van der Waals surface area contributed by atoms with Gasteiger partial charge in [0.15, 0.2) is 9.84 Å². The van der Waals surface area contributed by atoms with Crippen molar-refractivity contribution >= 4 is 21.4 Å². The first-order valence-electron chi connectivity index (χ1n) is 6.09. The quantitative estimate of drug-likeness (QED) is 0.846. The Labute approximate surface area is 124 Å². The molecule has 9 heteroatoms. The van der Waals surface area contributed by atoms with Crippen LogP contribution in [0.1, 0.15) is 0 Å². The summed E-state index contributed by atoms with van der Waals surface area (Å²) in [7, 11) is -2.22. The molecule has 0 bridgehead atoms. The predicted molar refractivity (Wildman–Crippen MR) is 73.2 cm³/mol. The molecule has 0 spiro atoms. The highest BCUT2D eigenvalue weighted by molar-refractivity contribution is 7.94. The number of halogens is 3. The van der Waals surface area contributed by atoms with Gasteiger partial charge in [0, 0.05) is 11.1 Å². The van der Waals surface area contributed by atoms with E-state index in [2.05, 4.69) is 0 Å². The minimum absolute atomic E-state index is 0.0603. The van der Waals surface area contributed by atoms with Crippen molar-refractivity contribution < 1.29 is 31.1 Å². The summed E-state index contributed by atoms with van der Waals surface area (Å²) in [6.45, 7) is 0. The van der Waals surface area contributed by atoms with Crippen LogP contribution in [0.15, 0.2) is 35.7 Å². The third kappa shape index (κ3) is 3.41. The maximum absolute atomic E-state index is 12.8. The van der Waals surface area contributed by atoms with Crippen LogP contribution < -0.4 is 9.64 Å². The van der Waals surface area contributed by atoms with Gasteiger partial charge in [-0.1, -0.05) is 0 Å². The van der Waals surface area contributed by atoms with E-state index in [-0.39, 0.29) is 5.69 Å². The number of sulfone groups is 1. The Balaban J connectivity index is 2.41. The van der Waals surface area contributed by atoms with E-state index in [0.29, 0.717) is 10.6 Å². The van der Waals surface area contributed by atoms with Crippen LogP contribution in [0.3, 0.4) is 0 Å². The number of hydrogen-bond donors (Lipinski definition) is 0. The molecule has 2 rings (SSSR count). The van der Waals surface area contributed by atoms with E-state index >= 15 is 0 Å². The molecule has 0 unspecified atom stereocenters. The lowest BCUT2D eigenvalue weighted by molar-refractivity contribution is -0.170. The van der Waals surface area contributed by atoms with Crippen molar-refractivity contribution in [3.05, 3.63) is 35.7 Å². The zero-order valence-corrected chi connectivity index (χ0v) is 12.2. The molecular weight excluding hydrogens is 323 g/mol. The monoisotopic (exact) mass is 335 g/mol. The van der Waals surface area contributed by atoms with Crippen molar-refractivity contribution in [2.24, 2.45) is 0 Å². The standard InChI is InChI=1S/C13H12F3NO4S/c1-21-11-4-2-9(3-5-11)17(12(18)13(14,15)16)10-6-7-22(19,20)8-10/h2-7,10H,8H2,1H3/t10-/m0/s1. The molecule has 5 nitrogen and oxygen atoms in total. The first-order valence-corrected chi connectivity index (χ1v) is 7.81. The minimum Gasteiger partial charge on any atom is -0.497 e. The Bertz CT molecular complexity index is 695. The van der Waals surface area contributed by atoms with Gasteiger partial charge in [0.2, 0.25) is 0 Å². The average Bonchev–Trinajstić information content (AvgIpc) is 2.79. The molecule has 0 N–H and O–H groups in total. The molecule has 1 amide bonds. The maximum atomic E-state index is 12.8. The van der Waals surface area contributed by atoms with Gasteiger partial charge < -0.3 is 4.74 Å². The number of carbonyl (C=O) groups is 1. The number of rotatable bonds is 3. The SMILES string of the molecule is COc1ccc(N(C(=O)C(F)(F)F)[C@H]2C=CS(=O)(=O)C2)cc1. The Kier molecular flexibility index (Phi) is 4.19. The zero-order valence-electron chi connectivity index (χ0n) is 11.4. The molecule has 0 radical (unpaired) electrons. The van der Waals surface area contributed by atoms with E-state index in [4.69, 9.17) is 4.74 Å². The fourth-order valence-electron chi connectivity index (χ4n) is 2.06. The van der Waals surface area contributed by atoms with Gasteiger partial charge in [-0.25, -0.2) is 8.42 Å². The molecule has 1 heterocycles. The average molecular weight is 335 g/mol. The van der Waals surface area contributed by atoms with E-state index in [1.54, 1.807) is 0 Å². The van der Waals surface area contributed by atoms with E-state index in [0.717, 1.165) is 11.5 Å². The van der Waals surface area contributed by atoms with E-state index in [9.17, 15) is 26.4 Å². The zero-order chi connectivity index (χ0) is 16.5. The van der Waals surface area contributed by atoms with E-state index < -0.39 is 33.7 Å². The highest BCUT2D eigenvalue weighted by Gasteiger charge is 2.46. The van der Waals surface area contributed by atoms with Crippen molar-refractivity contribution in [1.29, 1.82) is 0 Å². The van der Waals surface area contributed by atoms with E-state index in [1.807, 2.05) is 0 Å². The van der Waals surface area contributed by atoms with Crippen LogP contribution in [0.2, 0.25) is 0 Å². The van der Waals surface area contributed by atoms with Crippen molar-refractivity contribution in [3.63, 3.8) is 0 Å². The van der Waals surface area contributed by atoms with E-state index in [1.165, 1.54) is 31.4 Å². The van der Waals surface area contributed by atoms with Gasteiger partial charge in [-0.3, -0.25) is 9.69 Å². The minimum atomic E-state index is -5.11. The highest BCUT2D eigenvalue weighted by Crippen LogP contribution is 2.29. The number of carbonyl (C=O) groups excluding carboxylic acids is 1.